The van der Waals surface area contributed by atoms with Crippen LogP contribution in [0.1, 0.15) is 76.7 Å². The van der Waals surface area contributed by atoms with Crippen molar-refractivity contribution >= 4 is 33.9 Å². The molecule has 212 valence electrons. The molecule has 5 rings (SSSR count). The molecule has 3 aromatic rings. The Morgan fingerprint density at radius 1 is 0.872 bits per heavy atom. The predicted octanol–water partition coefficient (Wildman–Crippen LogP) is 8.38. The molecular formula is C33H46ClN3O2. The molecule has 0 amide bonds. The number of ether oxygens (including phenoxy) is 2. The Kier molecular flexibility index (Phi) is 10.1. The van der Waals surface area contributed by atoms with Gasteiger partial charge in [0.05, 0.1) is 16.2 Å². The summed E-state index contributed by atoms with van der Waals surface area (Å²) in [6.45, 7) is 10.3. The Balaban J connectivity index is 1.16. The predicted molar refractivity (Wildman–Crippen MR) is 164 cm³/mol. The van der Waals surface area contributed by atoms with Crippen LogP contribution < -0.4 is 9.80 Å². The van der Waals surface area contributed by atoms with Gasteiger partial charge in [0.1, 0.15) is 0 Å². The van der Waals surface area contributed by atoms with E-state index < -0.39 is 0 Å². The molecule has 39 heavy (non-hydrogen) atoms. The van der Waals surface area contributed by atoms with E-state index >= 15 is 0 Å². The molecule has 0 unspecified atom stereocenters. The SMILES string of the molecule is CCCCOC(OCCCC)C1CCN(c2cccc(C3CCN(c4ccc(Cl)c5cc[nH]c45)CC3)c2)CC1. The van der Waals surface area contributed by atoms with Crippen LogP contribution in [-0.4, -0.2) is 50.7 Å². The Morgan fingerprint density at radius 3 is 2.26 bits per heavy atom. The van der Waals surface area contributed by atoms with Gasteiger partial charge in [0.15, 0.2) is 6.29 Å². The maximum Gasteiger partial charge on any atom is 0.160 e. The van der Waals surface area contributed by atoms with Crippen molar-refractivity contribution < 1.29 is 9.47 Å². The summed E-state index contributed by atoms with van der Waals surface area (Å²) in [4.78, 5) is 8.49. The van der Waals surface area contributed by atoms with E-state index in [9.17, 15) is 0 Å². The number of hydrogen-bond acceptors (Lipinski definition) is 4. The quantitative estimate of drug-likeness (QED) is 0.181. The van der Waals surface area contributed by atoms with Crippen molar-refractivity contribution in [2.45, 2.75) is 77.4 Å². The number of aromatic amines is 1. The molecule has 3 heterocycles. The highest BCUT2D eigenvalue weighted by Gasteiger charge is 2.29. The van der Waals surface area contributed by atoms with Crippen LogP contribution in [0.3, 0.4) is 0 Å². The van der Waals surface area contributed by atoms with Gasteiger partial charge < -0.3 is 24.3 Å². The molecule has 2 aliphatic heterocycles. The fourth-order valence-corrected chi connectivity index (χ4v) is 6.46. The smallest absolute Gasteiger partial charge is 0.160 e. The number of nitrogens with zero attached hydrogens (tertiary/aromatic N) is 2. The molecule has 2 fully saturated rings. The van der Waals surface area contributed by atoms with E-state index in [1.54, 1.807) is 0 Å². The standard InChI is InChI=1S/C33H46ClN3O2/c1-3-5-22-38-33(39-23-6-4-2)26-15-18-36(19-16-26)28-9-7-8-27(24-28)25-13-20-37(21-14-25)31-11-10-30(34)29-12-17-35-32(29)31/h7-12,17,24-26,33,35H,3-6,13-16,18-23H2,1-2H3. The molecule has 2 saturated heterocycles. The van der Waals surface area contributed by atoms with Crippen LogP contribution in [0.2, 0.25) is 5.02 Å². The maximum atomic E-state index is 6.41. The van der Waals surface area contributed by atoms with Crippen LogP contribution >= 0.6 is 11.6 Å². The lowest BCUT2D eigenvalue weighted by atomic mass is 9.88. The molecule has 0 atom stereocenters. The zero-order valence-electron chi connectivity index (χ0n) is 23.8. The first-order valence-electron chi connectivity index (χ1n) is 15.3. The van der Waals surface area contributed by atoms with Crippen molar-refractivity contribution in [2.24, 2.45) is 5.92 Å². The molecule has 0 aliphatic carbocycles. The highest BCUT2D eigenvalue weighted by atomic mass is 35.5. The average molecular weight is 552 g/mol. The molecule has 0 radical (unpaired) electrons. The van der Waals surface area contributed by atoms with Crippen molar-refractivity contribution in [2.75, 3.05) is 49.2 Å². The number of halogens is 1. The molecule has 2 aliphatic rings. The highest BCUT2D eigenvalue weighted by Crippen LogP contribution is 2.37. The summed E-state index contributed by atoms with van der Waals surface area (Å²) in [6.07, 6.45) is 11.1. The number of anilines is 2. The van der Waals surface area contributed by atoms with Crippen LogP contribution in [0, 0.1) is 5.92 Å². The second-order valence-electron chi connectivity index (χ2n) is 11.3. The molecule has 0 bridgehead atoms. The summed E-state index contributed by atoms with van der Waals surface area (Å²) in [7, 11) is 0. The highest BCUT2D eigenvalue weighted by molar-refractivity contribution is 6.35. The van der Waals surface area contributed by atoms with Gasteiger partial charge in [-0.15, -0.1) is 0 Å². The van der Waals surface area contributed by atoms with Crippen molar-refractivity contribution in [3.05, 3.63) is 59.2 Å². The number of unbranched alkanes of at least 4 members (excludes halogenated alkanes) is 2. The van der Waals surface area contributed by atoms with Crippen molar-refractivity contribution in [3.63, 3.8) is 0 Å². The van der Waals surface area contributed by atoms with Crippen LogP contribution in [0.5, 0.6) is 0 Å². The number of aromatic nitrogens is 1. The molecular weight excluding hydrogens is 506 g/mol. The Morgan fingerprint density at radius 2 is 1.56 bits per heavy atom. The van der Waals surface area contributed by atoms with Crippen molar-refractivity contribution in [1.82, 2.24) is 4.98 Å². The van der Waals surface area contributed by atoms with Crippen LogP contribution in [-0.2, 0) is 9.47 Å². The first-order valence-corrected chi connectivity index (χ1v) is 15.6. The van der Waals surface area contributed by atoms with Crippen molar-refractivity contribution in [3.8, 4) is 0 Å². The Labute approximate surface area is 239 Å². The largest absolute Gasteiger partial charge is 0.372 e. The first kappa shape index (κ1) is 28.3. The fraction of sp³-hybridized carbons (Fsp3) is 0.576. The summed E-state index contributed by atoms with van der Waals surface area (Å²) >= 11 is 6.41. The summed E-state index contributed by atoms with van der Waals surface area (Å²) in [5.41, 5.74) is 5.28. The number of rotatable bonds is 12. The van der Waals surface area contributed by atoms with E-state index in [2.05, 4.69) is 65.0 Å². The zero-order valence-corrected chi connectivity index (χ0v) is 24.6. The van der Waals surface area contributed by atoms with Gasteiger partial charge in [-0.25, -0.2) is 0 Å². The summed E-state index contributed by atoms with van der Waals surface area (Å²) in [5, 5.41) is 1.92. The topological polar surface area (TPSA) is 40.7 Å². The number of H-pyrrole nitrogens is 1. The fourth-order valence-electron chi connectivity index (χ4n) is 6.24. The van der Waals surface area contributed by atoms with E-state index in [1.165, 1.54) is 29.8 Å². The maximum absolute atomic E-state index is 6.41. The number of fused-ring (bicyclic) bond motifs is 1. The zero-order chi connectivity index (χ0) is 27.0. The van der Waals surface area contributed by atoms with E-state index in [4.69, 9.17) is 21.1 Å². The van der Waals surface area contributed by atoms with Gasteiger partial charge in [-0.2, -0.15) is 0 Å². The van der Waals surface area contributed by atoms with E-state index in [1.807, 2.05) is 12.3 Å². The number of benzene rings is 2. The third kappa shape index (κ3) is 6.93. The normalized spacial score (nSPS) is 17.5. The minimum atomic E-state index is -0.0466. The molecule has 6 heteroatoms. The average Bonchev–Trinajstić information content (AvgIpc) is 3.48. The molecule has 5 nitrogen and oxygen atoms in total. The van der Waals surface area contributed by atoms with Crippen molar-refractivity contribution in [1.29, 1.82) is 0 Å². The molecule has 1 aromatic heterocycles. The lowest BCUT2D eigenvalue weighted by Crippen LogP contribution is -2.40. The van der Waals surface area contributed by atoms with Crippen LogP contribution in [0.4, 0.5) is 11.4 Å². The number of nitrogens with one attached hydrogen (secondary N) is 1. The van der Waals surface area contributed by atoms with E-state index in [0.29, 0.717) is 11.8 Å². The van der Waals surface area contributed by atoms with Gasteiger partial charge >= 0.3 is 0 Å². The second-order valence-corrected chi connectivity index (χ2v) is 11.7. The molecule has 2 aromatic carbocycles. The van der Waals surface area contributed by atoms with Gasteiger partial charge in [-0.05, 0) is 80.3 Å². The lowest BCUT2D eigenvalue weighted by Gasteiger charge is -2.37. The van der Waals surface area contributed by atoms with Gasteiger partial charge in [0, 0.05) is 62.6 Å². The number of hydrogen-bond donors (Lipinski definition) is 1. The summed E-state index contributed by atoms with van der Waals surface area (Å²) in [6, 6.07) is 15.6. The van der Waals surface area contributed by atoms with Crippen LogP contribution in [0.25, 0.3) is 10.9 Å². The first-order chi connectivity index (χ1) is 19.2. The minimum Gasteiger partial charge on any atom is -0.372 e. The second kappa shape index (κ2) is 13.9. The third-order valence-corrected chi connectivity index (χ3v) is 9.00. The Bertz CT molecular complexity index is 1150. The molecule has 0 spiro atoms. The van der Waals surface area contributed by atoms with Gasteiger partial charge in [-0.1, -0.05) is 50.4 Å². The molecule has 0 saturated carbocycles. The van der Waals surface area contributed by atoms with Gasteiger partial charge in [0.25, 0.3) is 0 Å². The third-order valence-electron chi connectivity index (χ3n) is 8.67. The molecule has 1 N–H and O–H groups in total. The van der Waals surface area contributed by atoms with E-state index in [-0.39, 0.29) is 6.29 Å². The summed E-state index contributed by atoms with van der Waals surface area (Å²) < 4.78 is 12.4. The minimum absolute atomic E-state index is 0.0466. The van der Waals surface area contributed by atoms with Gasteiger partial charge in [-0.3, -0.25) is 0 Å². The van der Waals surface area contributed by atoms with E-state index in [0.717, 1.165) is 93.8 Å². The van der Waals surface area contributed by atoms with Gasteiger partial charge in [0.2, 0.25) is 0 Å². The number of piperidine rings is 2. The Hall–Kier alpha value is -2.21. The monoisotopic (exact) mass is 551 g/mol. The lowest BCUT2D eigenvalue weighted by molar-refractivity contribution is -0.177. The van der Waals surface area contributed by atoms with Crippen LogP contribution in [0.15, 0.2) is 48.7 Å². The summed E-state index contributed by atoms with van der Waals surface area (Å²) in [5.74, 6) is 1.09.